The van der Waals surface area contributed by atoms with Gasteiger partial charge in [-0.2, -0.15) is 4.31 Å². The summed E-state index contributed by atoms with van der Waals surface area (Å²) in [5.41, 5.74) is 11.8. The number of rotatable bonds is 5. The van der Waals surface area contributed by atoms with Crippen LogP contribution in [0.25, 0.3) is 0 Å². The molecule has 0 unspecified atom stereocenters. The van der Waals surface area contributed by atoms with E-state index in [4.69, 9.17) is 11.5 Å². The predicted molar refractivity (Wildman–Crippen MR) is 65.3 cm³/mol. The van der Waals surface area contributed by atoms with Crippen LogP contribution in [-0.2, 0) is 21.4 Å². The summed E-state index contributed by atoms with van der Waals surface area (Å²) >= 11 is 0. The van der Waals surface area contributed by atoms with Gasteiger partial charge in [-0.1, -0.05) is 12.1 Å². The first-order valence-electron chi connectivity index (χ1n) is 4.87. The number of carbonyl (C=O) groups excluding carboxylic acids is 1. The standard InChI is InChI=1S/C10H15N3O3S/c1-17(15,16)13(7-10(12)14)6-8-3-2-4-9(11)5-8/h2-5H,6-7,11H2,1H3,(H2,12,14). The average molecular weight is 257 g/mol. The Morgan fingerprint density at radius 1 is 1.41 bits per heavy atom. The van der Waals surface area contributed by atoms with Crippen LogP contribution in [-0.4, -0.2) is 31.4 Å². The van der Waals surface area contributed by atoms with E-state index in [1.807, 2.05) is 0 Å². The molecule has 0 aliphatic carbocycles. The summed E-state index contributed by atoms with van der Waals surface area (Å²) in [6.07, 6.45) is 1.03. The Bertz CT molecular complexity index is 513. The van der Waals surface area contributed by atoms with Crippen LogP contribution in [0.2, 0.25) is 0 Å². The van der Waals surface area contributed by atoms with Gasteiger partial charge >= 0.3 is 0 Å². The summed E-state index contributed by atoms with van der Waals surface area (Å²) in [5.74, 6) is -0.695. The van der Waals surface area contributed by atoms with Gasteiger partial charge in [-0.3, -0.25) is 4.79 Å². The zero-order valence-electron chi connectivity index (χ0n) is 9.46. The van der Waals surface area contributed by atoms with E-state index in [0.29, 0.717) is 11.3 Å². The Hall–Kier alpha value is -1.60. The number of anilines is 1. The summed E-state index contributed by atoms with van der Waals surface area (Å²) in [6.45, 7) is -0.263. The van der Waals surface area contributed by atoms with Crippen LogP contribution in [0.5, 0.6) is 0 Å². The maximum Gasteiger partial charge on any atom is 0.232 e. The molecule has 0 aliphatic rings. The monoisotopic (exact) mass is 257 g/mol. The Balaban J connectivity index is 2.91. The van der Waals surface area contributed by atoms with Crippen molar-refractivity contribution in [1.29, 1.82) is 0 Å². The number of carbonyl (C=O) groups is 1. The summed E-state index contributed by atoms with van der Waals surface area (Å²) in [6, 6.07) is 6.80. The molecule has 17 heavy (non-hydrogen) atoms. The Morgan fingerprint density at radius 3 is 2.53 bits per heavy atom. The van der Waals surface area contributed by atoms with Crippen LogP contribution in [0.1, 0.15) is 5.56 Å². The number of sulfonamides is 1. The van der Waals surface area contributed by atoms with E-state index in [1.165, 1.54) is 0 Å². The fraction of sp³-hybridized carbons (Fsp3) is 0.300. The van der Waals surface area contributed by atoms with Crippen LogP contribution in [0.4, 0.5) is 5.69 Å². The largest absolute Gasteiger partial charge is 0.399 e. The Morgan fingerprint density at radius 2 is 2.06 bits per heavy atom. The first kappa shape index (κ1) is 13.5. The molecule has 0 radical (unpaired) electrons. The van der Waals surface area contributed by atoms with Gasteiger partial charge in [-0.15, -0.1) is 0 Å². The number of hydrogen-bond donors (Lipinski definition) is 2. The van der Waals surface area contributed by atoms with Crippen molar-refractivity contribution in [1.82, 2.24) is 4.31 Å². The van der Waals surface area contributed by atoms with Crippen LogP contribution in [0.3, 0.4) is 0 Å². The smallest absolute Gasteiger partial charge is 0.232 e. The van der Waals surface area contributed by atoms with Crippen molar-refractivity contribution < 1.29 is 13.2 Å². The number of nitrogens with zero attached hydrogens (tertiary/aromatic N) is 1. The molecule has 1 aromatic rings. The first-order valence-corrected chi connectivity index (χ1v) is 6.71. The molecule has 1 amide bonds. The number of primary amides is 1. The normalized spacial score (nSPS) is 11.6. The quantitative estimate of drug-likeness (QED) is 0.694. The minimum absolute atomic E-state index is 0.0762. The molecule has 0 aliphatic heterocycles. The second kappa shape index (κ2) is 5.15. The molecular weight excluding hydrogens is 242 g/mol. The third kappa shape index (κ3) is 4.41. The Kier molecular flexibility index (Phi) is 4.08. The van der Waals surface area contributed by atoms with Gasteiger partial charge in [0.25, 0.3) is 0 Å². The molecule has 0 saturated carbocycles. The minimum Gasteiger partial charge on any atom is -0.399 e. The number of hydrogen-bond acceptors (Lipinski definition) is 4. The molecule has 0 saturated heterocycles. The van der Waals surface area contributed by atoms with E-state index in [9.17, 15) is 13.2 Å². The summed E-state index contributed by atoms with van der Waals surface area (Å²) in [7, 11) is -3.48. The highest BCUT2D eigenvalue weighted by Crippen LogP contribution is 2.11. The molecule has 6 nitrogen and oxygen atoms in total. The molecule has 0 spiro atoms. The van der Waals surface area contributed by atoms with Gasteiger partial charge in [0.05, 0.1) is 12.8 Å². The zero-order valence-corrected chi connectivity index (χ0v) is 10.3. The number of nitrogens with two attached hydrogens (primary N) is 2. The second-order valence-electron chi connectivity index (χ2n) is 3.74. The van der Waals surface area contributed by atoms with Gasteiger partial charge < -0.3 is 11.5 Å². The van der Waals surface area contributed by atoms with E-state index in [0.717, 1.165) is 10.6 Å². The maximum atomic E-state index is 11.4. The van der Waals surface area contributed by atoms with Crippen molar-refractivity contribution in [3.8, 4) is 0 Å². The van der Waals surface area contributed by atoms with Crippen molar-refractivity contribution >= 4 is 21.6 Å². The lowest BCUT2D eigenvalue weighted by Gasteiger charge is -2.18. The van der Waals surface area contributed by atoms with Crippen molar-refractivity contribution in [3.05, 3.63) is 29.8 Å². The molecule has 94 valence electrons. The zero-order chi connectivity index (χ0) is 13.1. The van der Waals surface area contributed by atoms with Gasteiger partial charge in [0.2, 0.25) is 15.9 Å². The van der Waals surface area contributed by atoms with E-state index < -0.39 is 15.9 Å². The lowest BCUT2D eigenvalue weighted by Crippen LogP contribution is -2.37. The van der Waals surface area contributed by atoms with Gasteiger partial charge in [-0.05, 0) is 17.7 Å². The molecule has 1 rings (SSSR count). The van der Waals surface area contributed by atoms with Gasteiger partial charge in [0.1, 0.15) is 0 Å². The van der Waals surface area contributed by atoms with Crippen LogP contribution in [0.15, 0.2) is 24.3 Å². The highest BCUT2D eigenvalue weighted by molar-refractivity contribution is 7.88. The van der Waals surface area contributed by atoms with E-state index in [2.05, 4.69) is 0 Å². The molecule has 4 N–H and O–H groups in total. The minimum atomic E-state index is -3.48. The van der Waals surface area contributed by atoms with E-state index >= 15 is 0 Å². The van der Waals surface area contributed by atoms with Crippen molar-refractivity contribution in [2.45, 2.75) is 6.54 Å². The summed E-state index contributed by atoms with van der Waals surface area (Å²) in [5, 5.41) is 0. The lowest BCUT2D eigenvalue weighted by atomic mass is 10.2. The molecule has 0 fully saturated rings. The average Bonchev–Trinajstić information content (AvgIpc) is 2.14. The van der Waals surface area contributed by atoms with Crippen molar-refractivity contribution in [2.75, 3.05) is 18.5 Å². The van der Waals surface area contributed by atoms with Gasteiger partial charge in [-0.25, -0.2) is 8.42 Å². The topological polar surface area (TPSA) is 106 Å². The van der Waals surface area contributed by atoms with Gasteiger partial charge in [0.15, 0.2) is 0 Å². The highest BCUT2D eigenvalue weighted by atomic mass is 32.2. The molecule has 0 atom stereocenters. The lowest BCUT2D eigenvalue weighted by molar-refractivity contribution is -0.118. The van der Waals surface area contributed by atoms with E-state index in [-0.39, 0.29) is 13.1 Å². The third-order valence-electron chi connectivity index (χ3n) is 2.11. The fourth-order valence-electron chi connectivity index (χ4n) is 1.36. The van der Waals surface area contributed by atoms with Crippen LogP contribution >= 0.6 is 0 Å². The van der Waals surface area contributed by atoms with Gasteiger partial charge in [0, 0.05) is 12.2 Å². The molecule has 0 heterocycles. The SMILES string of the molecule is CS(=O)(=O)N(CC(N)=O)Cc1cccc(N)c1. The highest BCUT2D eigenvalue weighted by Gasteiger charge is 2.19. The van der Waals surface area contributed by atoms with Crippen molar-refractivity contribution in [2.24, 2.45) is 5.73 Å². The van der Waals surface area contributed by atoms with Crippen LogP contribution in [0, 0.1) is 0 Å². The van der Waals surface area contributed by atoms with Crippen LogP contribution < -0.4 is 11.5 Å². The summed E-state index contributed by atoms with van der Waals surface area (Å²) in [4.78, 5) is 10.8. The number of nitrogen functional groups attached to an aromatic ring is 1. The number of benzene rings is 1. The fourth-order valence-corrected chi connectivity index (χ4v) is 2.10. The summed E-state index contributed by atoms with van der Waals surface area (Å²) < 4.78 is 23.9. The van der Waals surface area contributed by atoms with Crippen molar-refractivity contribution in [3.63, 3.8) is 0 Å². The predicted octanol–water partition coefficient (Wildman–Crippen LogP) is -0.484. The third-order valence-corrected chi connectivity index (χ3v) is 3.31. The molecule has 1 aromatic carbocycles. The first-order chi connectivity index (χ1) is 7.79. The molecule has 0 aromatic heterocycles. The molecule has 0 bridgehead atoms. The molecular formula is C10H15N3O3S. The van der Waals surface area contributed by atoms with E-state index in [1.54, 1.807) is 24.3 Å². The maximum absolute atomic E-state index is 11.4. The Labute approximate surface area is 100 Å². The molecule has 7 heteroatoms. The second-order valence-corrected chi connectivity index (χ2v) is 5.72. The number of amides is 1.